The molecule has 0 aromatic heterocycles. The molecule has 1 amide bonds. The van der Waals surface area contributed by atoms with Gasteiger partial charge in [-0.2, -0.15) is 0 Å². The summed E-state index contributed by atoms with van der Waals surface area (Å²) in [4.78, 5) is 11.1. The van der Waals surface area contributed by atoms with Gasteiger partial charge < -0.3 is 19.9 Å². The number of benzene rings is 1. The average Bonchev–Trinajstić information content (AvgIpc) is 2.46. The maximum atomic E-state index is 11.1. The lowest BCUT2D eigenvalue weighted by molar-refractivity contribution is -0.117. The van der Waals surface area contributed by atoms with E-state index in [-0.39, 0.29) is 6.79 Å². The van der Waals surface area contributed by atoms with Gasteiger partial charge >= 0.3 is 6.09 Å². The lowest BCUT2D eigenvalue weighted by Gasteiger charge is -2.27. The molecule has 0 aliphatic rings. The third-order valence-electron chi connectivity index (χ3n) is 3.02. The van der Waals surface area contributed by atoms with Crippen LogP contribution in [0.1, 0.15) is 37.9 Å². The van der Waals surface area contributed by atoms with Crippen molar-refractivity contribution in [3.63, 3.8) is 0 Å². The third kappa shape index (κ3) is 5.91. The Hall–Kier alpha value is -1.30. The minimum Gasteiger partial charge on any atom is -0.443 e. The molecule has 0 spiro atoms. The third-order valence-corrected chi connectivity index (χ3v) is 3.37. The molecule has 6 heteroatoms. The maximum absolute atomic E-state index is 11.1. The average molecular weight is 316 g/mol. The van der Waals surface area contributed by atoms with Crippen molar-refractivity contribution in [3.05, 3.63) is 34.9 Å². The molecular formula is C15H22ClNO4. The summed E-state index contributed by atoms with van der Waals surface area (Å²) in [5, 5.41) is 0.549. The highest BCUT2D eigenvalue weighted by Gasteiger charge is 2.28. The zero-order valence-electron chi connectivity index (χ0n) is 12.4. The van der Waals surface area contributed by atoms with E-state index in [1.807, 2.05) is 18.2 Å². The Bertz CT molecular complexity index is 441. The second-order valence-corrected chi connectivity index (χ2v) is 5.04. The van der Waals surface area contributed by atoms with E-state index in [9.17, 15) is 4.79 Å². The van der Waals surface area contributed by atoms with Crippen LogP contribution in [0.5, 0.6) is 0 Å². The van der Waals surface area contributed by atoms with Crippen molar-refractivity contribution in [2.45, 2.75) is 38.4 Å². The van der Waals surface area contributed by atoms with Gasteiger partial charge in [0.2, 0.25) is 0 Å². The molecule has 0 fully saturated rings. The number of hydrogen-bond donors (Lipinski definition) is 1. The maximum Gasteiger partial charge on any atom is 0.404 e. The van der Waals surface area contributed by atoms with Crippen LogP contribution in [0.25, 0.3) is 0 Å². The van der Waals surface area contributed by atoms with Gasteiger partial charge in [0.15, 0.2) is 0 Å². The standard InChI is InChI=1S/C15H22ClNO4/c1-3-4-9-13(21-15(17)18)14(20-10-19-2)11-7-5-6-8-12(11)16/h5-8,13-14H,3-4,9-10H2,1-2H3,(H2,17,18)/t13-,14-/m1/s1. The van der Waals surface area contributed by atoms with Crippen LogP contribution in [-0.2, 0) is 14.2 Å². The SMILES string of the molecule is CCCC[C@@H](OC(N)=O)[C@H](OCOC)c1ccccc1Cl. The van der Waals surface area contributed by atoms with Gasteiger partial charge in [-0.3, -0.25) is 0 Å². The summed E-state index contributed by atoms with van der Waals surface area (Å²) in [6, 6.07) is 7.29. The highest BCUT2D eigenvalue weighted by molar-refractivity contribution is 6.31. The van der Waals surface area contributed by atoms with E-state index in [1.54, 1.807) is 6.07 Å². The molecule has 0 aliphatic heterocycles. The minimum atomic E-state index is -0.825. The van der Waals surface area contributed by atoms with Crippen LogP contribution in [0.15, 0.2) is 24.3 Å². The Morgan fingerprint density at radius 3 is 2.67 bits per heavy atom. The number of carbonyl (C=O) groups is 1. The Balaban J connectivity index is 3.00. The first-order chi connectivity index (χ1) is 10.1. The molecule has 0 saturated carbocycles. The monoisotopic (exact) mass is 315 g/mol. The minimum absolute atomic E-state index is 0.0701. The number of nitrogens with two attached hydrogens (primary N) is 1. The molecule has 1 aromatic rings. The second kappa shape index (κ2) is 9.60. The number of carbonyl (C=O) groups excluding carboxylic acids is 1. The van der Waals surface area contributed by atoms with Crippen molar-refractivity contribution in [3.8, 4) is 0 Å². The van der Waals surface area contributed by atoms with Gasteiger partial charge in [0, 0.05) is 17.7 Å². The Morgan fingerprint density at radius 2 is 2.10 bits per heavy atom. The van der Waals surface area contributed by atoms with Crippen molar-refractivity contribution >= 4 is 17.7 Å². The Labute approximate surface area is 130 Å². The van der Waals surface area contributed by atoms with Gasteiger partial charge in [-0.15, -0.1) is 0 Å². The summed E-state index contributed by atoms with van der Waals surface area (Å²) in [5.74, 6) is 0. The van der Waals surface area contributed by atoms with Crippen molar-refractivity contribution in [1.29, 1.82) is 0 Å². The highest BCUT2D eigenvalue weighted by atomic mass is 35.5. The molecule has 2 N–H and O–H groups in total. The molecule has 5 nitrogen and oxygen atoms in total. The van der Waals surface area contributed by atoms with Gasteiger partial charge in [-0.05, 0) is 18.9 Å². The van der Waals surface area contributed by atoms with E-state index in [0.29, 0.717) is 11.4 Å². The summed E-state index contributed by atoms with van der Waals surface area (Å²) >= 11 is 6.22. The van der Waals surface area contributed by atoms with Gasteiger partial charge in [-0.25, -0.2) is 4.79 Å². The molecular weight excluding hydrogens is 294 g/mol. The molecule has 0 heterocycles. The largest absolute Gasteiger partial charge is 0.443 e. The number of unbranched alkanes of at least 4 members (excludes halogenated alkanes) is 1. The first-order valence-corrected chi connectivity index (χ1v) is 7.29. The fourth-order valence-corrected chi connectivity index (χ4v) is 2.31. The van der Waals surface area contributed by atoms with E-state index in [1.165, 1.54) is 7.11 Å². The summed E-state index contributed by atoms with van der Waals surface area (Å²) in [6.45, 7) is 2.13. The van der Waals surface area contributed by atoms with Crippen LogP contribution in [0.2, 0.25) is 5.02 Å². The molecule has 0 radical (unpaired) electrons. The molecule has 118 valence electrons. The number of rotatable bonds is 9. The Morgan fingerprint density at radius 1 is 1.38 bits per heavy atom. The number of primary amides is 1. The number of halogens is 1. The molecule has 2 atom stereocenters. The van der Waals surface area contributed by atoms with E-state index in [2.05, 4.69) is 6.92 Å². The lowest BCUT2D eigenvalue weighted by atomic mass is 10.00. The van der Waals surface area contributed by atoms with Crippen LogP contribution in [-0.4, -0.2) is 26.1 Å². The molecule has 1 rings (SSSR count). The molecule has 21 heavy (non-hydrogen) atoms. The number of hydrogen-bond acceptors (Lipinski definition) is 4. The Kier molecular flexibility index (Phi) is 8.12. The number of amides is 1. The van der Waals surface area contributed by atoms with E-state index >= 15 is 0 Å². The van der Waals surface area contributed by atoms with Gasteiger partial charge in [0.1, 0.15) is 19.0 Å². The highest BCUT2D eigenvalue weighted by Crippen LogP contribution is 2.31. The van der Waals surface area contributed by atoms with Crippen LogP contribution in [0.4, 0.5) is 4.79 Å². The molecule has 0 bridgehead atoms. The molecule has 0 aliphatic carbocycles. The predicted molar refractivity (Wildman–Crippen MR) is 81.1 cm³/mol. The topological polar surface area (TPSA) is 70.8 Å². The van der Waals surface area contributed by atoms with Crippen LogP contribution >= 0.6 is 11.6 Å². The van der Waals surface area contributed by atoms with E-state index < -0.39 is 18.3 Å². The summed E-state index contributed by atoms with van der Waals surface area (Å²) in [5.41, 5.74) is 5.92. The van der Waals surface area contributed by atoms with E-state index in [4.69, 9.17) is 31.5 Å². The van der Waals surface area contributed by atoms with Crippen molar-refractivity contribution in [1.82, 2.24) is 0 Å². The zero-order chi connectivity index (χ0) is 15.7. The van der Waals surface area contributed by atoms with Gasteiger partial charge in [-0.1, -0.05) is 43.1 Å². The molecule has 1 aromatic carbocycles. The van der Waals surface area contributed by atoms with Crippen molar-refractivity contribution in [2.24, 2.45) is 5.73 Å². The van der Waals surface area contributed by atoms with Crippen LogP contribution in [0, 0.1) is 0 Å². The number of methoxy groups -OCH3 is 1. The van der Waals surface area contributed by atoms with Crippen LogP contribution < -0.4 is 5.73 Å². The molecule has 0 unspecified atom stereocenters. The predicted octanol–water partition coefficient (Wildman–Crippen LogP) is 3.66. The zero-order valence-corrected chi connectivity index (χ0v) is 13.1. The fourth-order valence-electron chi connectivity index (χ4n) is 2.07. The van der Waals surface area contributed by atoms with Crippen molar-refractivity contribution in [2.75, 3.05) is 13.9 Å². The number of ether oxygens (including phenoxy) is 3. The molecule has 0 saturated heterocycles. The van der Waals surface area contributed by atoms with Crippen LogP contribution in [0.3, 0.4) is 0 Å². The van der Waals surface area contributed by atoms with Gasteiger partial charge in [0.05, 0.1) is 0 Å². The first kappa shape index (κ1) is 17.8. The van der Waals surface area contributed by atoms with Crippen molar-refractivity contribution < 1.29 is 19.0 Å². The summed E-state index contributed by atoms with van der Waals surface area (Å²) in [6.07, 6.45) is 0.649. The normalized spacial score (nSPS) is 13.7. The smallest absolute Gasteiger partial charge is 0.404 e. The first-order valence-electron chi connectivity index (χ1n) is 6.91. The summed E-state index contributed by atoms with van der Waals surface area (Å²) in [7, 11) is 1.53. The van der Waals surface area contributed by atoms with Gasteiger partial charge in [0.25, 0.3) is 0 Å². The fraction of sp³-hybridized carbons (Fsp3) is 0.533. The second-order valence-electron chi connectivity index (χ2n) is 4.63. The lowest BCUT2D eigenvalue weighted by Crippen LogP contribution is -2.30. The van der Waals surface area contributed by atoms with E-state index in [0.717, 1.165) is 18.4 Å². The quantitative estimate of drug-likeness (QED) is 0.706. The summed E-state index contributed by atoms with van der Waals surface area (Å²) < 4.78 is 15.9.